The van der Waals surface area contributed by atoms with Crippen molar-refractivity contribution in [3.05, 3.63) is 23.3 Å². The highest BCUT2D eigenvalue weighted by Crippen LogP contribution is 2.22. The quantitative estimate of drug-likeness (QED) is 0.554. The molecule has 0 radical (unpaired) electrons. The van der Waals surface area contributed by atoms with Gasteiger partial charge < -0.3 is 5.41 Å². The van der Waals surface area contributed by atoms with Crippen LogP contribution in [0.4, 0.5) is 0 Å². The number of allylic oxidation sites excluding steroid dienone is 4. The van der Waals surface area contributed by atoms with Crippen LogP contribution in [0.25, 0.3) is 0 Å². The van der Waals surface area contributed by atoms with Gasteiger partial charge in [-0.3, -0.25) is 0 Å². The summed E-state index contributed by atoms with van der Waals surface area (Å²) in [6, 6.07) is 0. The molecule has 1 N–H and O–H groups in total. The molecule has 0 saturated heterocycles. The third-order valence-electron chi connectivity index (χ3n) is 2.28. The average Bonchev–Trinajstić information content (AvgIpc) is 1.94. The monoisotopic (exact) mass is 149 g/mol. The minimum absolute atomic E-state index is 0.665. The Hall–Kier alpha value is -0.850. The summed E-state index contributed by atoms with van der Waals surface area (Å²) in [5.41, 5.74) is 3.17. The molecular formula is C10H15N. The maximum atomic E-state index is 7.43. The van der Waals surface area contributed by atoms with Gasteiger partial charge >= 0.3 is 0 Å². The molecule has 0 saturated carbocycles. The van der Waals surface area contributed by atoms with E-state index in [1.165, 1.54) is 5.57 Å². The Labute approximate surface area is 68.3 Å². The van der Waals surface area contributed by atoms with Crippen LogP contribution < -0.4 is 0 Å². The van der Waals surface area contributed by atoms with E-state index in [2.05, 4.69) is 26.0 Å². The molecule has 0 aromatic heterocycles. The normalized spacial score (nSPS) is 24.1. The highest BCUT2D eigenvalue weighted by molar-refractivity contribution is 5.98. The molecule has 1 aliphatic carbocycles. The minimum Gasteiger partial charge on any atom is -0.305 e. The second kappa shape index (κ2) is 3.04. The van der Waals surface area contributed by atoms with Gasteiger partial charge in [0.2, 0.25) is 0 Å². The molecule has 0 bridgehead atoms. The third kappa shape index (κ3) is 1.79. The van der Waals surface area contributed by atoms with E-state index in [4.69, 9.17) is 5.41 Å². The summed E-state index contributed by atoms with van der Waals surface area (Å²) < 4.78 is 0. The first-order valence-electron chi connectivity index (χ1n) is 4.05. The van der Waals surface area contributed by atoms with E-state index in [-0.39, 0.29) is 0 Å². The van der Waals surface area contributed by atoms with Gasteiger partial charge in [0.05, 0.1) is 0 Å². The number of rotatable bonds is 1. The second-order valence-corrected chi connectivity index (χ2v) is 3.31. The van der Waals surface area contributed by atoms with Crippen LogP contribution in [0, 0.1) is 11.3 Å². The molecule has 0 aromatic carbocycles. The van der Waals surface area contributed by atoms with Crippen molar-refractivity contribution in [2.75, 3.05) is 0 Å². The van der Waals surface area contributed by atoms with Crippen LogP contribution in [0.3, 0.4) is 0 Å². The van der Waals surface area contributed by atoms with Gasteiger partial charge in [0.1, 0.15) is 0 Å². The Morgan fingerprint density at radius 1 is 1.64 bits per heavy atom. The first kappa shape index (κ1) is 8.25. The topological polar surface area (TPSA) is 23.9 Å². The summed E-state index contributed by atoms with van der Waals surface area (Å²) in [5, 5.41) is 7.43. The smallest absolute Gasteiger partial charge is 0.0352 e. The van der Waals surface area contributed by atoms with Gasteiger partial charge in [-0.25, -0.2) is 0 Å². The van der Waals surface area contributed by atoms with Crippen LogP contribution in [-0.4, -0.2) is 5.71 Å². The molecule has 0 amide bonds. The zero-order chi connectivity index (χ0) is 8.43. The lowest BCUT2D eigenvalue weighted by Gasteiger charge is -2.16. The highest BCUT2D eigenvalue weighted by atomic mass is 14.4. The van der Waals surface area contributed by atoms with Crippen LogP contribution in [0.2, 0.25) is 0 Å². The van der Waals surface area contributed by atoms with Gasteiger partial charge in [0.25, 0.3) is 0 Å². The predicted molar refractivity (Wildman–Crippen MR) is 49.0 cm³/mol. The minimum atomic E-state index is 0.665. The standard InChI is InChI=1S/C10H15N/c1-7-4-5-10(9(3)11)6-8(7)2/h5-7,11H,4H2,1-3H3. The Kier molecular flexibility index (Phi) is 2.28. The van der Waals surface area contributed by atoms with Crippen molar-refractivity contribution in [2.24, 2.45) is 5.92 Å². The molecule has 0 heterocycles. The molecule has 1 heteroatoms. The number of hydrogen-bond donors (Lipinski definition) is 1. The summed E-state index contributed by atoms with van der Waals surface area (Å²) in [6.45, 7) is 6.20. The maximum absolute atomic E-state index is 7.43. The van der Waals surface area contributed by atoms with Crippen molar-refractivity contribution >= 4 is 5.71 Å². The summed E-state index contributed by atoms with van der Waals surface area (Å²) in [5.74, 6) is 0.665. The fourth-order valence-corrected chi connectivity index (χ4v) is 1.20. The van der Waals surface area contributed by atoms with E-state index in [9.17, 15) is 0 Å². The zero-order valence-electron chi connectivity index (χ0n) is 7.44. The predicted octanol–water partition coefficient (Wildman–Crippen LogP) is 2.94. The van der Waals surface area contributed by atoms with Crippen molar-refractivity contribution in [3.8, 4) is 0 Å². The van der Waals surface area contributed by atoms with Gasteiger partial charge in [-0.05, 0) is 31.8 Å². The van der Waals surface area contributed by atoms with Crippen LogP contribution in [0.5, 0.6) is 0 Å². The lowest BCUT2D eigenvalue weighted by Crippen LogP contribution is -2.04. The van der Waals surface area contributed by atoms with E-state index in [1.807, 2.05) is 6.92 Å². The van der Waals surface area contributed by atoms with Gasteiger partial charge in [0.15, 0.2) is 0 Å². The maximum Gasteiger partial charge on any atom is 0.0352 e. The largest absolute Gasteiger partial charge is 0.305 e. The fourth-order valence-electron chi connectivity index (χ4n) is 1.20. The molecule has 0 fully saturated rings. The second-order valence-electron chi connectivity index (χ2n) is 3.31. The number of hydrogen-bond acceptors (Lipinski definition) is 1. The molecule has 0 spiro atoms. The lowest BCUT2D eigenvalue weighted by atomic mass is 9.90. The van der Waals surface area contributed by atoms with Gasteiger partial charge in [0, 0.05) is 5.71 Å². The fraction of sp³-hybridized carbons (Fsp3) is 0.500. The van der Waals surface area contributed by atoms with E-state index in [1.54, 1.807) is 0 Å². The van der Waals surface area contributed by atoms with Crippen molar-refractivity contribution in [1.29, 1.82) is 5.41 Å². The molecule has 1 nitrogen and oxygen atoms in total. The summed E-state index contributed by atoms with van der Waals surface area (Å²) in [7, 11) is 0. The number of nitrogens with one attached hydrogen (secondary N) is 1. The van der Waals surface area contributed by atoms with Crippen LogP contribution in [0.15, 0.2) is 23.3 Å². The third-order valence-corrected chi connectivity index (χ3v) is 2.28. The lowest BCUT2D eigenvalue weighted by molar-refractivity contribution is 0.684. The molecular weight excluding hydrogens is 134 g/mol. The van der Waals surface area contributed by atoms with Crippen molar-refractivity contribution < 1.29 is 0 Å². The van der Waals surface area contributed by atoms with Crippen LogP contribution in [-0.2, 0) is 0 Å². The van der Waals surface area contributed by atoms with E-state index in [0.717, 1.165) is 12.0 Å². The summed E-state index contributed by atoms with van der Waals surface area (Å²) >= 11 is 0. The van der Waals surface area contributed by atoms with E-state index >= 15 is 0 Å². The molecule has 11 heavy (non-hydrogen) atoms. The van der Waals surface area contributed by atoms with E-state index in [0.29, 0.717) is 11.6 Å². The highest BCUT2D eigenvalue weighted by Gasteiger charge is 2.09. The molecule has 0 aliphatic heterocycles. The van der Waals surface area contributed by atoms with Crippen molar-refractivity contribution in [2.45, 2.75) is 27.2 Å². The summed E-state index contributed by atoms with van der Waals surface area (Å²) in [4.78, 5) is 0. The Morgan fingerprint density at radius 3 is 2.73 bits per heavy atom. The first-order chi connectivity index (χ1) is 5.11. The SMILES string of the molecule is CC(=N)C1=CCC(C)C(C)=C1. The Bertz CT molecular complexity index is 233. The Morgan fingerprint density at radius 2 is 2.27 bits per heavy atom. The molecule has 60 valence electrons. The van der Waals surface area contributed by atoms with Gasteiger partial charge in [-0.15, -0.1) is 0 Å². The molecule has 1 aliphatic rings. The average molecular weight is 149 g/mol. The van der Waals surface area contributed by atoms with Crippen molar-refractivity contribution in [3.63, 3.8) is 0 Å². The molecule has 1 unspecified atom stereocenters. The zero-order valence-corrected chi connectivity index (χ0v) is 7.44. The summed E-state index contributed by atoms with van der Waals surface area (Å²) in [6.07, 6.45) is 5.37. The Balaban J connectivity index is 2.83. The van der Waals surface area contributed by atoms with Crippen LogP contribution in [0.1, 0.15) is 27.2 Å². The van der Waals surface area contributed by atoms with Crippen LogP contribution >= 0.6 is 0 Å². The van der Waals surface area contributed by atoms with Crippen molar-refractivity contribution in [1.82, 2.24) is 0 Å². The first-order valence-corrected chi connectivity index (χ1v) is 4.05. The van der Waals surface area contributed by atoms with Gasteiger partial charge in [-0.1, -0.05) is 24.6 Å². The van der Waals surface area contributed by atoms with Gasteiger partial charge in [-0.2, -0.15) is 0 Å². The van der Waals surface area contributed by atoms with E-state index < -0.39 is 0 Å². The molecule has 1 rings (SSSR count). The molecule has 1 atom stereocenters. The molecule has 0 aromatic rings.